The van der Waals surface area contributed by atoms with Crippen LogP contribution >= 0.6 is 11.6 Å². The fourth-order valence-electron chi connectivity index (χ4n) is 2.24. The number of hydrogen-bond acceptors (Lipinski definition) is 5. The minimum atomic E-state index is -0.618. The molecular formula is C20H20ClNO4. The molecule has 0 aromatic heterocycles. The molecule has 0 bridgehead atoms. The Labute approximate surface area is 158 Å². The van der Waals surface area contributed by atoms with Gasteiger partial charge in [0.05, 0.1) is 23.3 Å². The zero-order valence-corrected chi connectivity index (χ0v) is 15.7. The van der Waals surface area contributed by atoms with E-state index in [9.17, 15) is 4.79 Å². The highest BCUT2D eigenvalue weighted by molar-refractivity contribution is 6.32. The van der Waals surface area contributed by atoms with E-state index in [1.807, 2.05) is 24.3 Å². The van der Waals surface area contributed by atoms with Crippen LogP contribution in [-0.2, 0) is 4.79 Å². The lowest BCUT2D eigenvalue weighted by Crippen LogP contribution is -2.18. The molecule has 0 aliphatic rings. The van der Waals surface area contributed by atoms with Crippen LogP contribution < -0.4 is 14.2 Å². The lowest BCUT2D eigenvalue weighted by Gasteiger charge is -2.13. The summed E-state index contributed by atoms with van der Waals surface area (Å²) in [6, 6.07) is 12.4. The number of hydrogen-bond donors (Lipinski definition) is 0. The van der Waals surface area contributed by atoms with Crippen molar-refractivity contribution in [3.8, 4) is 23.3 Å². The van der Waals surface area contributed by atoms with Gasteiger partial charge in [0.15, 0.2) is 18.1 Å². The highest BCUT2D eigenvalue weighted by Crippen LogP contribution is 2.36. The lowest BCUT2D eigenvalue weighted by molar-refractivity contribution is -0.136. The van der Waals surface area contributed by atoms with Crippen LogP contribution in [-0.4, -0.2) is 19.2 Å². The Bertz CT molecular complexity index is 827. The van der Waals surface area contributed by atoms with Gasteiger partial charge >= 0.3 is 5.97 Å². The van der Waals surface area contributed by atoms with E-state index in [1.54, 1.807) is 13.0 Å². The third kappa shape index (κ3) is 5.14. The van der Waals surface area contributed by atoms with Gasteiger partial charge in [-0.3, -0.25) is 0 Å². The number of carbonyl (C=O) groups excluding carboxylic acids is 1. The first-order chi connectivity index (χ1) is 12.4. The molecule has 2 rings (SSSR count). The highest BCUT2D eigenvalue weighted by atomic mass is 35.5. The van der Waals surface area contributed by atoms with Gasteiger partial charge in [0.25, 0.3) is 0 Å². The van der Waals surface area contributed by atoms with Gasteiger partial charge in [0, 0.05) is 6.07 Å². The molecule has 0 radical (unpaired) electrons. The van der Waals surface area contributed by atoms with Gasteiger partial charge in [0.2, 0.25) is 0 Å². The van der Waals surface area contributed by atoms with Crippen molar-refractivity contribution in [2.45, 2.75) is 26.7 Å². The Hall–Kier alpha value is -2.71. The summed E-state index contributed by atoms with van der Waals surface area (Å²) in [6.45, 7) is 6.01. The van der Waals surface area contributed by atoms with E-state index in [4.69, 9.17) is 31.1 Å². The summed E-state index contributed by atoms with van der Waals surface area (Å²) in [5.41, 5.74) is 1.43. The molecule has 0 atom stereocenters. The van der Waals surface area contributed by atoms with Crippen molar-refractivity contribution in [2.75, 3.05) is 13.2 Å². The first-order valence-corrected chi connectivity index (χ1v) is 8.62. The summed E-state index contributed by atoms with van der Waals surface area (Å²) in [6.07, 6.45) is 0. The molecule has 2 aromatic carbocycles. The van der Waals surface area contributed by atoms with E-state index in [-0.39, 0.29) is 23.1 Å². The van der Waals surface area contributed by atoms with E-state index in [2.05, 4.69) is 13.8 Å². The smallest absolute Gasteiger partial charge is 0.349 e. The van der Waals surface area contributed by atoms with Crippen LogP contribution in [0.2, 0.25) is 5.02 Å². The van der Waals surface area contributed by atoms with E-state index in [1.165, 1.54) is 12.1 Å². The quantitative estimate of drug-likeness (QED) is 0.519. The zero-order valence-electron chi connectivity index (χ0n) is 14.9. The monoisotopic (exact) mass is 373 g/mol. The average Bonchev–Trinajstić information content (AvgIpc) is 2.63. The molecule has 0 heterocycles. The molecule has 0 spiro atoms. The third-order valence-corrected chi connectivity index (χ3v) is 3.82. The third-order valence-electron chi connectivity index (χ3n) is 3.54. The molecule has 0 unspecified atom stereocenters. The molecule has 5 nitrogen and oxygen atoms in total. The number of nitrogens with zero attached hydrogens (tertiary/aromatic N) is 1. The molecule has 26 heavy (non-hydrogen) atoms. The Morgan fingerprint density at radius 3 is 2.65 bits per heavy atom. The molecule has 2 aromatic rings. The average molecular weight is 374 g/mol. The fourth-order valence-corrected chi connectivity index (χ4v) is 2.49. The maximum absolute atomic E-state index is 12.1. The molecule has 0 N–H and O–H groups in total. The number of nitriles is 1. The second kappa shape index (κ2) is 9.12. The van der Waals surface area contributed by atoms with E-state index in [0.29, 0.717) is 23.8 Å². The van der Waals surface area contributed by atoms with Gasteiger partial charge in [-0.25, -0.2) is 4.79 Å². The predicted molar refractivity (Wildman–Crippen MR) is 99.0 cm³/mol. The number of rotatable bonds is 7. The van der Waals surface area contributed by atoms with Crippen molar-refractivity contribution in [1.29, 1.82) is 5.26 Å². The van der Waals surface area contributed by atoms with Crippen molar-refractivity contribution < 1.29 is 19.0 Å². The van der Waals surface area contributed by atoms with Crippen molar-refractivity contribution >= 4 is 17.6 Å². The van der Waals surface area contributed by atoms with Crippen molar-refractivity contribution in [3.63, 3.8) is 0 Å². The summed E-state index contributed by atoms with van der Waals surface area (Å²) in [5, 5.41) is 9.13. The summed E-state index contributed by atoms with van der Waals surface area (Å²) in [4.78, 5) is 12.1. The molecule has 0 aliphatic carbocycles. The normalized spacial score (nSPS) is 10.3. The maximum Gasteiger partial charge on any atom is 0.349 e. The Morgan fingerprint density at radius 1 is 1.23 bits per heavy atom. The number of carbonyl (C=O) groups is 1. The Kier molecular flexibility index (Phi) is 6.88. The van der Waals surface area contributed by atoms with Crippen LogP contribution in [0.5, 0.6) is 17.2 Å². The van der Waals surface area contributed by atoms with E-state index < -0.39 is 5.97 Å². The van der Waals surface area contributed by atoms with Crippen molar-refractivity contribution in [2.24, 2.45) is 0 Å². The van der Waals surface area contributed by atoms with Crippen LogP contribution in [0.1, 0.15) is 37.8 Å². The minimum Gasteiger partial charge on any atom is -0.490 e. The van der Waals surface area contributed by atoms with Crippen molar-refractivity contribution in [3.05, 3.63) is 52.5 Å². The molecule has 0 aliphatic heterocycles. The van der Waals surface area contributed by atoms with E-state index in [0.717, 1.165) is 5.56 Å². The summed E-state index contributed by atoms with van der Waals surface area (Å²) >= 11 is 6.12. The second-order valence-electron chi connectivity index (χ2n) is 5.82. The van der Waals surface area contributed by atoms with Gasteiger partial charge in [0.1, 0.15) is 5.75 Å². The van der Waals surface area contributed by atoms with E-state index >= 15 is 0 Å². The van der Waals surface area contributed by atoms with Crippen LogP contribution in [0.3, 0.4) is 0 Å². The molecule has 0 saturated heterocycles. The van der Waals surface area contributed by atoms with Gasteiger partial charge < -0.3 is 14.2 Å². The summed E-state index contributed by atoms with van der Waals surface area (Å²) < 4.78 is 16.2. The highest BCUT2D eigenvalue weighted by Gasteiger charge is 2.17. The van der Waals surface area contributed by atoms with Gasteiger partial charge in [-0.2, -0.15) is 5.26 Å². The summed E-state index contributed by atoms with van der Waals surface area (Å²) in [5.74, 6) is 0.650. The largest absolute Gasteiger partial charge is 0.490 e. The van der Waals surface area contributed by atoms with Crippen LogP contribution in [0.25, 0.3) is 0 Å². The minimum absolute atomic E-state index is 0.0806. The Morgan fingerprint density at radius 2 is 2.00 bits per heavy atom. The standard InChI is InChI=1S/C20H20ClNO4/c1-4-24-18-9-14(11-22)8-17(21)20(18)26-19(23)12-25-16-7-5-6-15(10-16)13(2)3/h5-10,13H,4,12H2,1-3H3. The van der Waals surface area contributed by atoms with Crippen LogP contribution in [0, 0.1) is 11.3 Å². The predicted octanol–water partition coefficient (Wildman–Crippen LogP) is 4.72. The SMILES string of the molecule is CCOc1cc(C#N)cc(Cl)c1OC(=O)COc1cccc(C(C)C)c1. The molecule has 6 heteroatoms. The molecule has 0 saturated carbocycles. The second-order valence-corrected chi connectivity index (χ2v) is 6.23. The molecular weight excluding hydrogens is 354 g/mol. The van der Waals surface area contributed by atoms with Gasteiger partial charge in [-0.05, 0) is 36.6 Å². The van der Waals surface area contributed by atoms with Gasteiger partial charge in [-0.1, -0.05) is 37.6 Å². The molecule has 136 valence electrons. The summed E-state index contributed by atoms with van der Waals surface area (Å²) in [7, 11) is 0. The topological polar surface area (TPSA) is 68.5 Å². The molecule has 0 amide bonds. The first kappa shape index (κ1) is 19.6. The van der Waals surface area contributed by atoms with Crippen LogP contribution in [0.4, 0.5) is 0 Å². The maximum atomic E-state index is 12.1. The fraction of sp³-hybridized carbons (Fsp3) is 0.300. The zero-order chi connectivity index (χ0) is 19.1. The number of esters is 1. The lowest BCUT2D eigenvalue weighted by atomic mass is 10.0. The van der Waals surface area contributed by atoms with Crippen LogP contribution in [0.15, 0.2) is 36.4 Å². The van der Waals surface area contributed by atoms with Gasteiger partial charge in [-0.15, -0.1) is 0 Å². The number of halogens is 1. The van der Waals surface area contributed by atoms with Crippen molar-refractivity contribution in [1.82, 2.24) is 0 Å². The number of benzene rings is 2. The number of ether oxygens (including phenoxy) is 3. The molecule has 0 fully saturated rings. The first-order valence-electron chi connectivity index (χ1n) is 8.24. The Balaban J connectivity index is 2.08.